The average Bonchev–Trinajstić information content (AvgIpc) is 3.10. The van der Waals surface area contributed by atoms with E-state index < -0.39 is 0 Å². The van der Waals surface area contributed by atoms with Crippen LogP contribution in [-0.2, 0) is 0 Å². The van der Waals surface area contributed by atoms with E-state index in [9.17, 15) is 4.79 Å². The lowest BCUT2D eigenvalue weighted by Crippen LogP contribution is -2.34. The Morgan fingerprint density at radius 1 is 1.11 bits per heavy atom. The van der Waals surface area contributed by atoms with E-state index in [1.165, 1.54) is 5.56 Å². The van der Waals surface area contributed by atoms with E-state index in [-0.39, 0.29) is 12.1 Å². The van der Waals surface area contributed by atoms with E-state index in [1.54, 1.807) is 12.1 Å². The van der Waals surface area contributed by atoms with Crippen molar-refractivity contribution in [1.82, 2.24) is 15.5 Å². The molecule has 0 fully saturated rings. The number of nitrogens with one attached hydrogen (secondary N) is 2. The first-order valence-electron chi connectivity index (χ1n) is 8.76. The molecule has 0 bridgehead atoms. The first-order chi connectivity index (χ1) is 13.0. The largest absolute Gasteiger partial charge is 0.336 e. The van der Waals surface area contributed by atoms with Crippen molar-refractivity contribution in [3.63, 3.8) is 0 Å². The molecule has 1 aromatic heterocycles. The number of aromatic nitrogens is 2. The van der Waals surface area contributed by atoms with Gasteiger partial charge in [-0.25, -0.2) is 4.79 Å². The Bertz CT molecular complexity index is 943. The van der Waals surface area contributed by atoms with Gasteiger partial charge in [0.15, 0.2) is 0 Å². The van der Waals surface area contributed by atoms with Crippen LogP contribution >= 0.6 is 0 Å². The molecule has 0 atom stereocenters. The van der Waals surface area contributed by atoms with Gasteiger partial charge in [-0.3, -0.25) is 0 Å². The average molecular weight is 362 g/mol. The minimum atomic E-state index is -0.253. The van der Waals surface area contributed by atoms with Gasteiger partial charge in [0.25, 0.3) is 5.89 Å². The highest BCUT2D eigenvalue weighted by atomic mass is 16.5. The number of urea groups is 1. The summed E-state index contributed by atoms with van der Waals surface area (Å²) in [5, 5.41) is 9.59. The zero-order chi connectivity index (χ0) is 19.2. The highest BCUT2D eigenvalue weighted by Crippen LogP contribution is 2.20. The molecule has 2 N–H and O–H groups in total. The fraction of sp³-hybridized carbons (Fsp3) is 0.190. The van der Waals surface area contributed by atoms with E-state index in [2.05, 4.69) is 20.8 Å². The second-order valence-electron chi connectivity index (χ2n) is 6.53. The molecule has 0 spiro atoms. The van der Waals surface area contributed by atoms with Crippen molar-refractivity contribution in [2.24, 2.45) is 0 Å². The molecule has 0 saturated carbocycles. The summed E-state index contributed by atoms with van der Waals surface area (Å²) in [5.74, 6) is 0.882. The number of benzene rings is 2. The molecule has 0 saturated heterocycles. The summed E-state index contributed by atoms with van der Waals surface area (Å²) in [6.45, 7) is 5.86. The Hall–Kier alpha value is -3.41. The van der Waals surface area contributed by atoms with Crippen LogP contribution in [0.15, 0.2) is 53.1 Å². The maximum Gasteiger partial charge on any atom is 0.319 e. The van der Waals surface area contributed by atoms with E-state index in [0.29, 0.717) is 17.4 Å². The molecule has 0 aliphatic carbocycles. The zero-order valence-corrected chi connectivity index (χ0v) is 15.6. The highest BCUT2D eigenvalue weighted by Gasteiger charge is 2.09. The normalized spacial score (nSPS) is 11.1. The molecule has 3 rings (SSSR count). The summed E-state index contributed by atoms with van der Waals surface area (Å²) in [6, 6.07) is 15.3. The van der Waals surface area contributed by atoms with Gasteiger partial charge in [0, 0.05) is 23.4 Å². The SMILES string of the molecule is Cc1ccc(/C=C/c2nc(-c3cccc(NC(=O)NC(C)C)c3)no2)cc1. The lowest BCUT2D eigenvalue weighted by atomic mass is 10.1. The van der Waals surface area contributed by atoms with E-state index in [1.807, 2.05) is 69.3 Å². The first-order valence-corrected chi connectivity index (χ1v) is 8.76. The van der Waals surface area contributed by atoms with Crippen molar-refractivity contribution >= 4 is 23.9 Å². The molecule has 3 aromatic rings. The summed E-state index contributed by atoms with van der Waals surface area (Å²) in [6.07, 6.45) is 3.70. The van der Waals surface area contributed by atoms with Gasteiger partial charge in [-0.1, -0.05) is 47.1 Å². The number of carbonyl (C=O) groups excluding carboxylic acids is 1. The third-order valence-electron chi connectivity index (χ3n) is 3.74. The van der Waals surface area contributed by atoms with Gasteiger partial charge >= 0.3 is 6.03 Å². The summed E-state index contributed by atoms with van der Waals surface area (Å²) >= 11 is 0. The summed E-state index contributed by atoms with van der Waals surface area (Å²) in [5.41, 5.74) is 3.69. The third kappa shape index (κ3) is 5.28. The summed E-state index contributed by atoms with van der Waals surface area (Å²) < 4.78 is 5.29. The van der Waals surface area contributed by atoms with Crippen LogP contribution < -0.4 is 10.6 Å². The van der Waals surface area contributed by atoms with Crippen molar-refractivity contribution in [3.8, 4) is 11.4 Å². The number of amides is 2. The molecule has 138 valence electrons. The van der Waals surface area contributed by atoms with Crippen molar-refractivity contribution in [2.45, 2.75) is 26.8 Å². The second kappa shape index (κ2) is 8.31. The summed E-state index contributed by atoms with van der Waals surface area (Å²) in [7, 11) is 0. The Balaban J connectivity index is 1.71. The first kappa shape index (κ1) is 18.4. The molecule has 0 radical (unpaired) electrons. The zero-order valence-electron chi connectivity index (χ0n) is 15.6. The minimum absolute atomic E-state index is 0.0632. The topological polar surface area (TPSA) is 80.0 Å². The monoisotopic (exact) mass is 362 g/mol. The molecular weight excluding hydrogens is 340 g/mol. The molecule has 0 unspecified atom stereocenters. The number of hydrogen-bond donors (Lipinski definition) is 2. The Kier molecular flexibility index (Phi) is 5.66. The van der Waals surface area contributed by atoms with E-state index >= 15 is 0 Å². The number of nitrogens with zero attached hydrogens (tertiary/aromatic N) is 2. The van der Waals surface area contributed by atoms with Crippen LogP contribution in [-0.4, -0.2) is 22.2 Å². The van der Waals surface area contributed by atoms with Gasteiger partial charge in [0.05, 0.1) is 0 Å². The van der Waals surface area contributed by atoms with Crippen LogP contribution in [0.5, 0.6) is 0 Å². The standard InChI is InChI=1S/C21H22N4O2/c1-14(2)22-21(26)23-18-6-4-5-17(13-18)20-24-19(27-25-20)12-11-16-9-7-15(3)8-10-16/h4-14H,1-3H3,(H2,22,23,26)/b12-11+. The van der Waals surface area contributed by atoms with Gasteiger partial charge in [-0.05, 0) is 44.5 Å². The summed E-state index contributed by atoms with van der Waals surface area (Å²) in [4.78, 5) is 16.2. The number of hydrogen-bond acceptors (Lipinski definition) is 4. The smallest absolute Gasteiger partial charge is 0.319 e. The molecule has 1 heterocycles. The molecule has 6 nitrogen and oxygen atoms in total. The fourth-order valence-electron chi connectivity index (χ4n) is 2.43. The van der Waals surface area contributed by atoms with Crippen molar-refractivity contribution in [3.05, 3.63) is 65.5 Å². The maximum atomic E-state index is 11.8. The van der Waals surface area contributed by atoms with Crippen LogP contribution in [0.4, 0.5) is 10.5 Å². The predicted octanol–water partition coefficient (Wildman–Crippen LogP) is 4.75. The minimum Gasteiger partial charge on any atom is -0.336 e. The van der Waals surface area contributed by atoms with E-state index in [0.717, 1.165) is 11.1 Å². The van der Waals surface area contributed by atoms with Crippen LogP contribution in [0.25, 0.3) is 23.5 Å². The molecule has 2 amide bonds. The lowest BCUT2D eigenvalue weighted by Gasteiger charge is -2.10. The quantitative estimate of drug-likeness (QED) is 0.687. The Morgan fingerprint density at radius 2 is 1.89 bits per heavy atom. The fourth-order valence-corrected chi connectivity index (χ4v) is 2.43. The molecule has 2 aromatic carbocycles. The van der Waals surface area contributed by atoms with Crippen LogP contribution in [0.2, 0.25) is 0 Å². The Labute approximate surface area is 158 Å². The molecule has 6 heteroatoms. The second-order valence-corrected chi connectivity index (χ2v) is 6.53. The third-order valence-corrected chi connectivity index (χ3v) is 3.74. The van der Waals surface area contributed by atoms with Crippen molar-refractivity contribution in [1.29, 1.82) is 0 Å². The Morgan fingerprint density at radius 3 is 2.63 bits per heavy atom. The van der Waals surface area contributed by atoms with Crippen molar-refractivity contribution < 1.29 is 9.32 Å². The molecule has 27 heavy (non-hydrogen) atoms. The van der Waals surface area contributed by atoms with Gasteiger partial charge in [-0.15, -0.1) is 0 Å². The molecular formula is C21H22N4O2. The number of anilines is 1. The van der Waals surface area contributed by atoms with E-state index in [4.69, 9.17) is 4.52 Å². The van der Waals surface area contributed by atoms with Crippen LogP contribution in [0.1, 0.15) is 30.9 Å². The number of rotatable bonds is 5. The van der Waals surface area contributed by atoms with Gasteiger partial charge in [-0.2, -0.15) is 4.98 Å². The number of carbonyl (C=O) groups is 1. The lowest BCUT2D eigenvalue weighted by molar-refractivity contribution is 0.250. The predicted molar refractivity (Wildman–Crippen MR) is 107 cm³/mol. The highest BCUT2D eigenvalue weighted by molar-refractivity contribution is 5.90. The number of aryl methyl sites for hydroxylation is 1. The molecule has 0 aliphatic rings. The maximum absolute atomic E-state index is 11.8. The van der Waals surface area contributed by atoms with Crippen molar-refractivity contribution in [2.75, 3.05) is 5.32 Å². The van der Waals surface area contributed by atoms with Gasteiger partial charge < -0.3 is 15.2 Å². The van der Waals surface area contributed by atoms with Crippen LogP contribution in [0.3, 0.4) is 0 Å². The van der Waals surface area contributed by atoms with Gasteiger partial charge in [0.1, 0.15) is 0 Å². The van der Waals surface area contributed by atoms with Gasteiger partial charge in [0.2, 0.25) is 5.82 Å². The molecule has 0 aliphatic heterocycles. The van der Waals surface area contributed by atoms with Crippen LogP contribution in [0, 0.1) is 6.92 Å².